The van der Waals surface area contributed by atoms with Crippen molar-refractivity contribution in [1.29, 1.82) is 0 Å². The van der Waals surface area contributed by atoms with Crippen molar-refractivity contribution in [3.63, 3.8) is 0 Å². The minimum absolute atomic E-state index is 0.0356. The van der Waals surface area contributed by atoms with Gasteiger partial charge in [0.15, 0.2) is 6.29 Å². The SMILES string of the molecule is C=C1C[C@@]23CC[C@@H]4[C@@]5(C)CCC[C@@]4(C(OC)OC5)[C@@H]2CC[C@@H]1C3. The molecule has 5 fully saturated rings. The van der Waals surface area contributed by atoms with E-state index in [2.05, 4.69) is 13.5 Å². The zero-order valence-corrected chi connectivity index (χ0v) is 14.9. The van der Waals surface area contributed by atoms with Crippen LogP contribution in [0.4, 0.5) is 0 Å². The van der Waals surface area contributed by atoms with Crippen LogP contribution in [-0.4, -0.2) is 20.0 Å². The molecule has 0 aromatic heterocycles. The molecule has 1 saturated heterocycles. The fraction of sp³-hybridized carbons (Fsp3) is 0.905. The van der Waals surface area contributed by atoms with Gasteiger partial charge < -0.3 is 9.47 Å². The molecule has 2 heteroatoms. The molecule has 1 heterocycles. The van der Waals surface area contributed by atoms with Gasteiger partial charge in [0.25, 0.3) is 0 Å². The van der Waals surface area contributed by atoms with Crippen LogP contribution in [0, 0.1) is 34.0 Å². The summed E-state index contributed by atoms with van der Waals surface area (Å²) in [5, 5.41) is 0. The number of hydrogen-bond donors (Lipinski definition) is 0. The van der Waals surface area contributed by atoms with E-state index in [0.29, 0.717) is 10.8 Å². The molecule has 5 aliphatic rings. The Labute approximate surface area is 141 Å². The number of hydrogen-bond acceptors (Lipinski definition) is 2. The highest BCUT2D eigenvalue weighted by Crippen LogP contribution is 2.74. The summed E-state index contributed by atoms with van der Waals surface area (Å²) in [5.41, 5.74) is 2.77. The number of allylic oxidation sites excluding steroid dienone is 1. The molecule has 0 aromatic rings. The van der Waals surface area contributed by atoms with E-state index in [1.165, 1.54) is 57.8 Å². The molecule has 1 aliphatic heterocycles. The van der Waals surface area contributed by atoms with E-state index in [4.69, 9.17) is 9.47 Å². The van der Waals surface area contributed by atoms with Crippen LogP contribution >= 0.6 is 0 Å². The number of ether oxygens (including phenoxy) is 2. The van der Waals surface area contributed by atoms with Crippen LogP contribution in [0.3, 0.4) is 0 Å². The van der Waals surface area contributed by atoms with Crippen molar-refractivity contribution >= 4 is 0 Å². The van der Waals surface area contributed by atoms with E-state index < -0.39 is 0 Å². The monoisotopic (exact) mass is 316 g/mol. The Kier molecular flexibility index (Phi) is 3.01. The molecule has 23 heavy (non-hydrogen) atoms. The Hall–Kier alpha value is -0.340. The molecular formula is C21H32O2. The third kappa shape index (κ3) is 1.68. The molecule has 4 saturated carbocycles. The van der Waals surface area contributed by atoms with Crippen molar-refractivity contribution < 1.29 is 9.47 Å². The Bertz CT molecular complexity index is 542. The minimum Gasteiger partial charge on any atom is -0.355 e. The van der Waals surface area contributed by atoms with Gasteiger partial charge in [-0.25, -0.2) is 0 Å². The fourth-order valence-corrected chi connectivity index (χ4v) is 8.34. The summed E-state index contributed by atoms with van der Waals surface area (Å²) in [6, 6.07) is 0. The zero-order chi connectivity index (χ0) is 15.9. The van der Waals surface area contributed by atoms with Gasteiger partial charge in [0.2, 0.25) is 0 Å². The van der Waals surface area contributed by atoms with Gasteiger partial charge in [-0.3, -0.25) is 0 Å². The Morgan fingerprint density at radius 3 is 2.83 bits per heavy atom. The molecule has 4 aliphatic carbocycles. The molecule has 1 spiro atoms. The molecule has 5 rings (SSSR count). The lowest BCUT2D eigenvalue weighted by Gasteiger charge is -2.69. The summed E-state index contributed by atoms with van der Waals surface area (Å²) in [4.78, 5) is 0. The third-order valence-electron chi connectivity index (χ3n) is 9.00. The second-order valence-electron chi connectivity index (χ2n) is 9.82. The van der Waals surface area contributed by atoms with Gasteiger partial charge >= 0.3 is 0 Å². The normalized spacial score (nSPS) is 57.7. The summed E-state index contributed by atoms with van der Waals surface area (Å²) in [6.07, 6.45) is 12.4. The number of methoxy groups -OCH3 is 1. The van der Waals surface area contributed by atoms with Gasteiger partial charge in [-0.05, 0) is 80.0 Å². The van der Waals surface area contributed by atoms with E-state index in [-0.39, 0.29) is 11.7 Å². The predicted octanol–water partition coefficient (Wildman–Crippen LogP) is 4.94. The van der Waals surface area contributed by atoms with Gasteiger partial charge in [-0.2, -0.15) is 0 Å². The molecule has 0 N–H and O–H groups in total. The topological polar surface area (TPSA) is 18.5 Å². The second-order valence-corrected chi connectivity index (χ2v) is 9.82. The molecule has 0 radical (unpaired) electrons. The van der Waals surface area contributed by atoms with Crippen LogP contribution in [0.2, 0.25) is 0 Å². The summed E-state index contributed by atoms with van der Waals surface area (Å²) in [5.74, 6) is 2.43. The molecule has 7 atom stereocenters. The van der Waals surface area contributed by atoms with Crippen molar-refractivity contribution in [2.75, 3.05) is 13.7 Å². The van der Waals surface area contributed by atoms with Gasteiger partial charge in [0.05, 0.1) is 6.61 Å². The van der Waals surface area contributed by atoms with Crippen LogP contribution in [0.5, 0.6) is 0 Å². The summed E-state index contributed by atoms with van der Waals surface area (Å²) < 4.78 is 12.4. The zero-order valence-electron chi connectivity index (χ0n) is 14.9. The van der Waals surface area contributed by atoms with E-state index in [1.54, 1.807) is 5.57 Å². The molecule has 128 valence electrons. The van der Waals surface area contributed by atoms with Gasteiger partial charge in [-0.15, -0.1) is 0 Å². The van der Waals surface area contributed by atoms with E-state index in [0.717, 1.165) is 24.4 Å². The fourth-order valence-electron chi connectivity index (χ4n) is 8.34. The van der Waals surface area contributed by atoms with Crippen molar-refractivity contribution in [3.8, 4) is 0 Å². The van der Waals surface area contributed by atoms with Crippen LogP contribution in [0.15, 0.2) is 12.2 Å². The minimum atomic E-state index is 0.0356. The van der Waals surface area contributed by atoms with Gasteiger partial charge in [0, 0.05) is 12.5 Å². The summed E-state index contributed by atoms with van der Waals surface area (Å²) in [7, 11) is 1.88. The van der Waals surface area contributed by atoms with Gasteiger partial charge in [0.1, 0.15) is 0 Å². The second kappa shape index (κ2) is 4.64. The first-order valence-electron chi connectivity index (χ1n) is 9.86. The van der Waals surface area contributed by atoms with E-state index in [1.807, 2.05) is 7.11 Å². The lowest BCUT2D eigenvalue weighted by Crippen LogP contribution is -2.67. The Morgan fingerprint density at radius 1 is 1.13 bits per heavy atom. The molecule has 4 bridgehead atoms. The lowest BCUT2D eigenvalue weighted by molar-refractivity contribution is -0.336. The maximum absolute atomic E-state index is 6.39. The van der Waals surface area contributed by atoms with Crippen LogP contribution in [0.1, 0.15) is 64.7 Å². The van der Waals surface area contributed by atoms with Crippen LogP contribution < -0.4 is 0 Å². The summed E-state index contributed by atoms with van der Waals surface area (Å²) >= 11 is 0. The predicted molar refractivity (Wildman–Crippen MR) is 90.9 cm³/mol. The smallest absolute Gasteiger partial charge is 0.163 e. The first-order valence-corrected chi connectivity index (χ1v) is 9.86. The summed E-state index contributed by atoms with van der Waals surface area (Å²) in [6.45, 7) is 7.87. The third-order valence-corrected chi connectivity index (χ3v) is 9.00. The quantitative estimate of drug-likeness (QED) is 0.638. The van der Waals surface area contributed by atoms with Gasteiger partial charge in [-0.1, -0.05) is 25.5 Å². The maximum Gasteiger partial charge on any atom is 0.163 e. The van der Waals surface area contributed by atoms with E-state index in [9.17, 15) is 0 Å². The molecule has 0 aromatic carbocycles. The molecular weight excluding hydrogens is 284 g/mol. The highest BCUT2D eigenvalue weighted by atomic mass is 16.7. The average molecular weight is 316 g/mol. The van der Waals surface area contributed by atoms with Crippen molar-refractivity contribution in [3.05, 3.63) is 12.2 Å². The van der Waals surface area contributed by atoms with Crippen molar-refractivity contribution in [2.45, 2.75) is 71.0 Å². The Balaban J connectivity index is 1.63. The van der Waals surface area contributed by atoms with E-state index >= 15 is 0 Å². The largest absolute Gasteiger partial charge is 0.355 e. The van der Waals surface area contributed by atoms with Crippen molar-refractivity contribution in [2.24, 2.45) is 34.0 Å². The molecule has 2 nitrogen and oxygen atoms in total. The number of rotatable bonds is 1. The highest BCUT2D eigenvalue weighted by molar-refractivity contribution is 5.23. The highest BCUT2D eigenvalue weighted by Gasteiger charge is 2.70. The standard InChI is InChI=1S/C21H32O2/c1-14-11-20-10-7-16-19(2)8-4-9-21(16,18(22-3)23-13-19)17(20)6-5-15(14)12-20/h15-18H,1,4-13H2,2-3H3/t15-,16-,17-,18?,19+,20-,21+/m1/s1. The Morgan fingerprint density at radius 2 is 2.00 bits per heavy atom. The first kappa shape index (κ1) is 15.0. The first-order chi connectivity index (χ1) is 11.0. The maximum atomic E-state index is 6.39. The lowest BCUT2D eigenvalue weighted by atomic mass is 9.39. The van der Waals surface area contributed by atoms with Crippen LogP contribution in [0.25, 0.3) is 0 Å². The average Bonchev–Trinajstić information content (AvgIpc) is 2.76. The molecule has 1 unspecified atom stereocenters. The van der Waals surface area contributed by atoms with Crippen LogP contribution in [-0.2, 0) is 9.47 Å². The van der Waals surface area contributed by atoms with Crippen molar-refractivity contribution in [1.82, 2.24) is 0 Å². The molecule has 0 amide bonds. The number of fused-ring (bicyclic) bond motifs is 1.